The van der Waals surface area contributed by atoms with Crippen molar-refractivity contribution in [3.8, 4) is 11.5 Å². The number of halogens is 1. The zero-order valence-corrected chi connectivity index (χ0v) is 8.85. The van der Waals surface area contributed by atoms with Crippen molar-refractivity contribution in [3.63, 3.8) is 0 Å². The molecule has 0 fully saturated rings. The van der Waals surface area contributed by atoms with Gasteiger partial charge in [0.25, 0.3) is 0 Å². The van der Waals surface area contributed by atoms with Crippen LogP contribution >= 0.6 is 0 Å². The topological polar surface area (TPSA) is 52.0 Å². The minimum atomic E-state index is -0.434. The van der Waals surface area contributed by atoms with E-state index in [1.165, 1.54) is 6.07 Å². The highest BCUT2D eigenvalue weighted by atomic mass is 19.1. The molecular formula is C13H9FN2O. The van der Waals surface area contributed by atoms with E-state index in [4.69, 9.17) is 10.2 Å². The number of aromatic nitrogens is 1. The van der Waals surface area contributed by atoms with E-state index in [1.807, 2.05) is 12.1 Å². The van der Waals surface area contributed by atoms with Gasteiger partial charge in [-0.3, -0.25) is 0 Å². The summed E-state index contributed by atoms with van der Waals surface area (Å²) < 4.78 is 19.2. The van der Waals surface area contributed by atoms with Gasteiger partial charge in [-0.2, -0.15) is 0 Å². The lowest BCUT2D eigenvalue weighted by Gasteiger charge is -2.01. The number of nitrogens with two attached hydrogens (primary N) is 1. The van der Waals surface area contributed by atoms with E-state index in [0.29, 0.717) is 16.8 Å². The highest BCUT2D eigenvalue weighted by molar-refractivity contribution is 5.79. The number of rotatable bonds is 1. The van der Waals surface area contributed by atoms with Crippen LogP contribution in [-0.4, -0.2) is 4.98 Å². The van der Waals surface area contributed by atoms with Gasteiger partial charge in [0.2, 0.25) is 5.89 Å². The smallest absolute Gasteiger partial charge is 0.232 e. The van der Waals surface area contributed by atoms with Gasteiger partial charge in [-0.05, 0) is 24.3 Å². The molecule has 0 saturated carbocycles. The molecule has 0 spiro atoms. The van der Waals surface area contributed by atoms with Crippen LogP contribution in [0.2, 0.25) is 0 Å². The zero-order chi connectivity index (χ0) is 11.8. The molecule has 1 heterocycles. The molecule has 3 aromatic rings. The van der Waals surface area contributed by atoms with Crippen LogP contribution in [0.4, 0.5) is 10.1 Å². The van der Waals surface area contributed by atoms with Crippen LogP contribution in [-0.2, 0) is 0 Å². The molecule has 17 heavy (non-hydrogen) atoms. The Balaban J connectivity index is 2.27. The van der Waals surface area contributed by atoms with Gasteiger partial charge in [0.15, 0.2) is 5.58 Å². The molecule has 0 bridgehead atoms. The second kappa shape index (κ2) is 3.59. The van der Waals surface area contributed by atoms with Crippen LogP contribution in [0.5, 0.6) is 0 Å². The lowest BCUT2D eigenvalue weighted by Crippen LogP contribution is -1.93. The first-order valence-corrected chi connectivity index (χ1v) is 5.15. The molecule has 0 unspecified atom stereocenters. The normalized spacial score (nSPS) is 10.9. The van der Waals surface area contributed by atoms with Crippen molar-refractivity contribution in [1.29, 1.82) is 0 Å². The molecular weight excluding hydrogens is 219 g/mol. The molecule has 0 amide bonds. The molecule has 0 aliphatic carbocycles. The van der Waals surface area contributed by atoms with Gasteiger partial charge in [-0.25, -0.2) is 9.37 Å². The highest BCUT2D eigenvalue weighted by Crippen LogP contribution is 2.30. The number of nitrogen functional groups attached to an aromatic ring is 1. The summed E-state index contributed by atoms with van der Waals surface area (Å²) in [5, 5.41) is 0. The van der Waals surface area contributed by atoms with Crippen molar-refractivity contribution in [1.82, 2.24) is 4.98 Å². The molecule has 2 N–H and O–H groups in total. The molecule has 0 saturated heterocycles. The van der Waals surface area contributed by atoms with Crippen LogP contribution < -0.4 is 5.73 Å². The predicted molar refractivity (Wildman–Crippen MR) is 63.8 cm³/mol. The Morgan fingerprint density at radius 1 is 1.06 bits per heavy atom. The van der Waals surface area contributed by atoms with E-state index in [1.54, 1.807) is 24.3 Å². The molecule has 0 radical (unpaired) electrons. The number of para-hydroxylation sites is 2. The van der Waals surface area contributed by atoms with Gasteiger partial charge in [0.1, 0.15) is 11.3 Å². The van der Waals surface area contributed by atoms with Gasteiger partial charge in [0.05, 0.1) is 5.56 Å². The van der Waals surface area contributed by atoms with E-state index in [2.05, 4.69) is 4.98 Å². The maximum Gasteiger partial charge on any atom is 0.232 e. The minimum absolute atomic E-state index is 0.210. The van der Waals surface area contributed by atoms with E-state index in [0.717, 1.165) is 0 Å². The third kappa shape index (κ3) is 1.54. The van der Waals surface area contributed by atoms with Crippen molar-refractivity contribution in [2.75, 3.05) is 5.73 Å². The SMILES string of the molecule is Nc1cccc(F)c1-c1nc2ccccc2o1. The van der Waals surface area contributed by atoms with Crippen LogP contribution in [0.1, 0.15) is 0 Å². The maximum absolute atomic E-state index is 13.7. The van der Waals surface area contributed by atoms with Crippen molar-refractivity contribution in [3.05, 3.63) is 48.3 Å². The second-order valence-corrected chi connectivity index (χ2v) is 3.69. The third-order valence-corrected chi connectivity index (χ3v) is 2.55. The van der Waals surface area contributed by atoms with E-state index in [9.17, 15) is 4.39 Å². The fraction of sp³-hybridized carbons (Fsp3) is 0. The number of hydrogen-bond donors (Lipinski definition) is 1. The maximum atomic E-state index is 13.7. The molecule has 1 aromatic heterocycles. The van der Waals surface area contributed by atoms with Crippen molar-refractivity contribution in [2.45, 2.75) is 0 Å². The van der Waals surface area contributed by atoms with Crippen LogP contribution in [0.15, 0.2) is 46.9 Å². The lowest BCUT2D eigenvalue weighted by molar-refractivity contribution is 0.594. The summed E-state index contributed by atoms with van der Waals surface area (Å²) in [6, 6.07) is 11.8. The number of fused-ring (bicyclic) bond motifs is 1. The average Bonchev–Trinajstić information content (AvgIpc) is 2.71. The largest absolute Gasteiger partial charge is 0.436 e. The van der Waals surface area contributed by atoms with E-state index < -0.39 is 5.82 Å². The van der Waals surface area contributed by atoms with Gasteiger partial charge in [-0.1, -0.05) is 18.2 Å². The monoisotopic (exact) mass is 228 g/mol. The van der Waals surface area contributed by atoms with Gasteiger partial charge in [-0.15, -0.1) is 0 Å². The summed E-state index contributed by atoms with van der Waals surface area (Å²) in [6.07, 6.45) is 0. The third-order valence-electron chi connectivity index (χ3n) is 2.55. The Morgan fingerprint density at radius 3 is 2.65 bits per heavy atom. The number of hydrogen-bond acceptors (Lipinski definition) is 3. The summed E-state index contributed by atoms with van der Waals surface area (Å²) in [5.74, 6) is -0.224. The van der Waals surface area contributed by atoms with E-state index in [-0.39, 0.29) is 11.5 Å². The summed E-state index contributed by atoms with van der Waals surface area (Å²) in [7, 11) is 0. The Bertz CT molecular complexity index is 637. The standard InChI is InChI=1S/C13H9FN2O/c14-8-4-3-5-9(15)12(8)13-16-10-6-1-2-7-11(10)17-13/h1-7H,15H2. The first kappa shape index (κ1) is 9.84. The molecule has 3 nitrogen and oxygen atoms in total. The summed E-state index contributed by atoms with van der Waals surface area (Å²) in [6.45, 7) is 0. The summed E-state index contributed by atoms with van der Waals surface area (Å²) in [4.78, 5) is 4.22. The Labute approximate surface area is 96.7 Å². The van der Waals surface area contributed by atoms with Gasteiger partial charge in [0, 0.05) is 5.69 Å². The zero-order valence-electron chi connectivity index (χ0n) is 8.85. The number of nitrogens with zero attached hydrogens (tertiary/aromatic N) is 1. The van der Waals surface area contributed by atoms with Crippen molar-refractivity contribution in [2.24, 2.45) is 0 Å². The molecule has 2 aromatic carbocycles. The number of anilines is 1. The van der Waals surface area contributed by atoms with Crippen molar-refractivity contribution < 1.29 is 8.81 Å². The summed E-state index contributed by atoms with van der Waals surface area (Å²) >= 11 is 0. The van der Waals surface area contributed by atoms with Gasteiger partial charge < -0.3 is 10.2 Å². The molecule has 0 atom stereocenters. The van der Waals surface area contributed by atoms with Crippen LogP contribution in [0.25, 0.3) is 22.6 Å². The predicted octanol–water partition coefficient (Wildman–Crippen LogP) is 3.22. The van der Waals surface area contributed by atoms with Crippen molar-refractivity contribution >= 4 is 16.8 Å². The molecule has 84 valence electrons. The highest BCUT2D eigenvalue weighted by Gasteiger charge is 2.15. The first-order valence-electron chi connectivity index (χ1n) is 5.15. The number of oxazole rings is 1. The minimum Gasteiger partial charge on any atom is -0.436 e. The average molecular weight is 228 g/mol. The number of benzene rings is 2. The second-order valence-electron chi connectivity index (χ2n) is 3.69. The Kier molecular flexibility index (Phi) is 2.08. The van der Waals surface area contributed by atoms with Crippen LogP contribution in [0, 0.1) is 5.82 Å². The quantitative estimate of drug-likeness (QED) is 0.650. The molecule has 0 aliphatic heterocycles. The molecule has 3 rings (SSSR count). The lowest BCUT2D eigenvalue weighted by atomic mass is 10.1. The fourth-order valence-electron chi connectivity index (χ4n) is 1.75. The molecule has 0 aliphatic rings. The molecule has 4 heteroatoms. The summed E-state index contributed by atoms with van der Waals surface area (Å²) in [5.41, 5.74) is 7.56. The Hall–Kier alpha value is -2.36. The van der Waals surface area contributed by atoms with E-state index >= 15 is 0 Å². The fourth-order valence-corrected chi connectivity index (χ4v) is 1.75. The van der Waals surface area contributed by atoms with Crippen LogP contribution in [0.3, 0.4) is 0 Å². The first-order chi connectivity index (χ1) is 8.25. The Morgan fingerprint density at radius 2 is 1.88 bits per heavy atom. The van der Waals surface area contributed by atoms with Gasteiger partial charge >= 0.3 is 0 Å².